The summed E-state index contributed by atoms with van der Waals surface area (Å²) in [5.74, 6) is 0.840. The van der Waals surface area contributed by atoms with Crippen LogP contribution in [0.3, 0.4) is 0 Å². The van der Waals surface area contributed by atoms with Gasteiger partial charge in [-0.05, 0) is 23.8 Å². The summed E-state index contributed by atoms with van der Waals surface area (Å²) in [7, 11) is 1.64. The zero-order valence-corrected chi connectivity index (χ0v) is 9.84. The SMILES string of the molecule is COc1ccc(COC/C=C/C=C\C=O)cc1. The highest BCUT2D eigenvalue weighted by Gasteiger charge is 1.93. The van der Waals surface area contributed by atoms with Crippen molar-refractivity contribution in [2.75, 3.05) is 13.7 Å². The Morgan fingerprint density at radius 1 is 1.12 bits per heavy atom. The number of rotatable bonds is 7. The highest BCUT2D eigenvalue weighted by molar-refractivity contribution is 5.65. The topological polar surface area (TPSA) is 35.5 Å². The van der Waals surface area contributed by atoms with Gasteiger partial charge in [0, 0.05) is 0 Å². The number of aldehydes is 1. The molecule has 3 heteroatoms. The Morgan fingerprint density at radius 3 is 2.53 bits per heavy atom. The largest absolute Gasteiger partial charge is 0.497 e. The van der Waals surface area contributed by atoms with Crippen molar-refractivity contribution in [3.05, 3.63) is 54.1 Å². The van der Waals surface area contributed by atoms with Gasteiger partial charge in [-0.25, -0.2) is 0 Å². The van der Waals surface area contributed by atoms with Gasteiger partial charge in [0.1, 0.15) is 12.0 Å². The maximum atomic E-state index is 9.97. The normalized spacial score (nSPS) is 11.1. The molecule has 0 spiro atoms. The Balaban J connectivity index is 2.23. The summed E-state index contributed by atoms with van der Waals surface area (Å²) in [5.41, 5.74) is 1.10. The van der Waals surface area contributed by atoms with Gasteiger partial charge in [0.2, 0.25) is 0 Å². The fourth-order valence-corrected chi connectivity index (χ4v) is 1.21. The maximum Gasteiger partial charge on any atom is 0.142 e. The lowest BCUT2D eigenvalue weighted by Gasteiger charge is -2.03. The predicted octanol–water partition coefficient (Wildman–Crippen LogP) is 2.52. The minimum Gasteiger partial charge on any atom is -0.497 e. The van der Waals surface area contributed by atoms with Gasteiger partial charge in [-0.3, -0.25) is 4.79 Å². The molecule has 0 aliphatic heterocycles. The molecule has 0 unspecified atom stereocenters. The molecule has 1 rings (SSSR count). The van der Waals surface area contributed by atoms with Crippen molar-refractivity contribution >= 4 is 6.29 Å². The van der Waals surface area contributed by atoms with Crippen LogP contribution in [-0.2, 0) is 16.1 Å². The van der Waals surface area contributed by atoms with Gasteiger partial charge in [0.15, 0.2) is 0 Å². The van der Waals surface area contributed by atoms with Crippen LogP contribution in [0.15, 0.2) is 48.6 Å². The minimum absolute atomic E-state index is 0.523. The first-order valence-electron chi connectivity index (χ1n) is 5.34. The lowest BCUT2D eigenvalue weighted by molar-refractivity contribution is -0.104. The predicted molar refractivity (Wildman–Crippen MR) is 67.0 cm³/mol. The second-order valence-electron chi connectivity index (χ2n) is 3.31. The molecular weight excluding hydrogens is 216 g/mol. The van der Waals surface area contributed by atoms with Gasteiger partial charge in [0.05, 0.1) is 20.3 Å². The smallest absolute Gasteiger partial charge is 0.142 e. The molecule has 0 bridgehead atoms. The molecule has 1 aromatic carbocycles. The first kappa shape index (κ1) is 13.2. The molecule has 17 heavy (non-hydrogen) atoms. The molecule has 0 radical (unpaired) electrons. The fraction of sp³-hybridized carbons (Fsp3) is 0.214. The van der Waals surface area contributed by atoms with Gasteiger partial charge in [-0.1, -0.05) is 30.4 Å². The molecule has 0 aliphatic rings. The summed E-state index contributed by atoms with van der Waals surface area (Å²) in [5, 5.41) is 0. The van der Waals surface area contributed by atoms with Crippen LogP contribution in [0.2, 0.25) is 0 Å². The monoisotopic (exact) mass is 232 g/mol. The fourth-order valence-electron chi connectivity index (χ4n) is 1.21. The van der Waals surface area contributed by atoms with E-state index in [1.54, 1.807) is 19.3 Å². The van der Waals surface area contributed by atoms with Gasteiger partial charge in [-0.15, -0.1) is 0 Å². The number of allylic oxidation sites excluding steroid dienone is 3. The zero-order chi connectivity index (χ0) is 12.3. The Bertz CT molecular complexity index is 377. The van der Waals surface area contributed by atoms with Crippen molar-refractivity contribution in [3.63, 3.8) is 0 Å². The number of carbonyl (C=O) groups excluding carboxylic acids is 1. The van der Waals surface area contributed by atoms with Crippen molar-refractivity contribution in [1.29, 1.82) is 0 Å². The van der Waals surface area contributed by atoms with Crippen LogP contribution < -0.4 is 4.74 Å². The molecule has 0 aliphatic carbocycles. The third-order valence-electron chi connectivity index (χ3n) is 2.08. The summed E-state index contributed by atoms with van der Waals surface area (Å²) < 4.78 is 10.5. The summed E-state index contributed by atoms with van der Waals surface area (Å²) in [6.07, 6.45) is 7.47. The van der Waals surface area contributed by atoms with Crippen LogP contribution in [0.1, 0.15) is 5.56 Å². The minimum atomic E-state index is 0.523. The molecule has 0 saturated heterocycles. The van der Waals surface area contributed by atoms with E-state index < -0.39 is 0 Å². The summed E-state index contributed by atoms with van der Waals surface area (Å²) in [4.78, 5) is 9.97. The van der Waals surface area contributed by atoms with Gasteiger partial charge >= 0.3 is 0 Å². The Kier molecular flexibility index (Phi) is 6.44. The highest BCUT2D eigenvalue weighted by atomic mass is 16.5. The van der Waals surface area contributed by atoms with Crippen LogP contribution in [0.4, 0.5) is 0 Å². The van der Waals surface area contributed by atoms with Crippen molar-refractivity contribution in [2.24, 2.45) is 0 Å². The average molecular weight is 232 g/mol. The molecule has 3 nitrogen and oxygen atoms in total. The first-order chi connectivity index (χ1) is 8.36. The van der Waals surface area contributed by atoms with E-state index in [0.717, 1.165) is 17.6 Å². The molecule has 0 aromatic heterocycles. The molecule has 1 aromatic rings. The standard InChI is InChI=1S/C14H16O3/c1-16-14-8-6-13(7-9-14)12-17-11-5-3-2-4-10-15/h2-10H,11-12H2,1H3/b4-2-,5-3+. The second-order valence-corrected chi connectivity index (χ2v) is 3.31. The first-order valence-corrected chi connectivity index (χ1v) is 5.34. The van der Waals surface area contributed by atoms with Crippen LogP contribution in [0.25, 0.3) is 0 Å². The van der Waals surface area contributed by atoms with Crippen molar-refractivity contribution in [3.8, 4) is 5.75 Å². The molecule has 0 N–H and O–H groups in total. The van der Waals surface area contributed by atoms with E-state index in [1.807, 2.05) is 30.3 Å². The van der Waals surface area contributed by atoms with Crippen LogP contribution in [-0.4, -0.2) is 20.0 Å². The lowest BCUT2D eigenvalue weighted by Crippen LogP contribution is -1.92. The average Bonchev–Trinajstić information content (AvgIpc) is 2.38. The van der Waals surface area contributed by atoms with E-state index in [-0.39, 0.29) is 0 Å². The Labute approximate surface area is 101 Å². The molecule has 0 fully saturated rings. The van der Waals surface area contributed by atoms with E-state index in [1.165, 1.54) is 6.08 Å². The molecule has 90 valence electrons. The molecule has 0 amide bonds. The van der Waals surface area contributed by atoms with Crippen molar-refractivity contribution in [1.82, 2.24) is 0 Å². The second kappa shape index (κ2) is 8.30. The van der Waals surface area contributed by atoms with E-state index in [9.17, 15) is 4.79 Å². The zero-order valence-electron chi connectivity index (χ0n) is 9.84. The Hall–Kier alpha value is -1.87. The number of hydrogen-bond donors (Lipinski definition) is 0. The molecule has 0 heterocycles. The number of hydrogen-bond acceptors (Lipinski definition) is 3. The highest BCUT2D eigenvalue weighted by Crippen LogP contribution is 2.11. The van der Waals surface area contributed by atoms with Crippen molar-refractivity contribution in [2.45, 2.75) is 6.61 Å². The van der Waals surface area contributed by atoms with Crippen molar-refractivity contribution < 1.29 is 14.3 Å². The summed E-state index contributed by atoms with van der Waals surface area (Å²) >= 11 is 0. The summed E-state index contributed by atoms with van der Waals surface area (Å²) in [6, 6.07) is 7.74. The van der Waals surface area contributed by atoms with Gasteiger partial charge in [-0.2, -0.15) is 0 Å². The van der Waals surface area contributed by atoms with Crippen LogP contribution in [0, 0.1) is 0 Å². The quantitative estimate of drug-likeness (QED) is 0.313. The number of ether oxygens (including phenoxy) is 2. The van der Waals surface area contributed by atoms with Gasteiger partial charge in [0.25, 0.3) is 0 Å². The Morgan fingerprint density at radius 2 is 1.88 bits per heavy atom. The van der Waals surface area contributed by atoms with Gasteiger partial charge < -0.3 is 9.47 Å². The van der Waals surface area contributed by atoms with Crippen LogP contribution in [0.5, 0.6) is 5.75 Å². The van der Waals surface area contributed by atoms with E-state index in [0.29, 0.717) is 13.2 Å². The third-order valence-corrected chi connectivity index (χ3v) is 2.08. The summed E-state index contributed by atoms with van der Waals surface area (Å²) in [6.45, 7) is 1.08. The molecular formula is C14H16O3. The van der Waals surface area contributed by atoms with E-state index in [2.05, 4.69) is 0 Å². The maximum absolute atomic E-state index is 9.97. The van der Waals surface area contributed by atoms with Crippen LogP contribution >= 0.6 is 0 Å². The number of benzene rings is 1. The molecule has 0 saturated carbocycles. The van der Waals surface area contributed by atoms with E-state index >= 15 is 0 Å². The number of carbonyl (C=O) groups is 1. The lowest BCUT2D eigenvalue weighted by atomic mass is 10.2. The molecule has 0 atom stereocenters. The number of methoxy groups -OCH3 is 1. The third kappa shape index (κ3) is 5.68. The van der Waals surface area contributed by atoms with E-state index in [4.69, 9.17) is 9.47 Å².